The number of carboxylic acid groups (broad SMARTS) is 1. The molecule has 0 fully saturated rings. The Morgan fingerprint density at radius 2 is 2.00 bits per heavy atom. The van der Waals surface area contributed by atoms with Crippen LogP contribution in [0.3, 0.4) is 0 Å². The van der Waals surface area contributed by atoms with Crippen molar-refractivity contribution >= 4 is 28.8 Å². The molecule has 0 spiro atoms. The van der Waals surface area contributed by atoms with Crippen LogP contribution in [0.25, 0.3) is 11.0 Å². The van der Waals surface area contributed by atoms with Gasteiger partial charge in [0.1, 0.15) is 5.75 Å². The molecule has 2 aromatic carbocycles. The van der Waals surface area contributed by atoms with Crippen LogP contribution < -0.4 is 4.74 Å². The van der Waals surface area contributed by atoms with Crippen molar-refractivity contribution in [3.05, 3.63) is 53.6 Å². The van der Waals surface area contributed by atoms with Crippen LogP contribution in [0.15, 0.2) is 47.6 Å². The second-order valence-corrected chi connectivity index (χ2v) is 7.18. The molecule has 3 aromatic rings. The van der Waals surface area contributed by atoms with E-state index in [2.05, 4.69) is 24.9 Å². The highest BCUT2D eigenvalue weighted by molar-refractivity contribution is 7.99. The summed E-state index contributed by atoms with van der Waals surface area (Å²) in [5.41, 5.74) is 4.31. The second-order valence-electron chi connectivity index (χ2n) is 6.12. The van der Waals surface area contributed by atoms with Gasteiger partial charge in [-0.1, -0.05) is 30.0 Å². The third-order valence-electron chi connectivity index (χ3n) is 4.23. The van der Waals surface area contributed by atoms with E-state index >= 15 is 0 Å². The Labute approximate surface area is 157 Å². The number of aliphatic carboxylic acids is 1. The number of aryl methyl sites for hydroxylation is 3. The molecule has 1 N–H and O–H groups in total. The maximum Gasteiger partial charge on any atom is 0.305 e. The minimum atomic E-state index is -0.809. The summed E-state index contributed by atoms with van der Waals surface area (Å²) in [5, 5.41) is 9.83. The van der Waals surface area contributed by atoms with E-state index in [1.807, 2.05) is 41.0 Å². The van der Waals surface area contributed by atoms with Gasteiger partial charge in [0.15, 0.2) is 5.16 Å². The van der Waals surface area contributed by atoms with Crippen LogP contribution in [0.2, 0.25) is 0 Å². The van der Waals surface area contributed by atoms with Crippen molar-refractivity contribution in [2.24, 2.45) is 0 Å². The maximum atomic E-state index is 10.9. The van der Waals surface area contributed by atoms with Crippen molar-refractivity contribution in [1.29, 1.82) is 0 Å². The van der Waals surface area contributed by atoms with Crippen molar-refractivity contribution in [3.8, 4) is 5.75 Å². The van der Waals surface area contributed by atoms with Crippen LogP contribution in [0.5, 0.6) is 5.75 Å². The number of carbonyl (C=O) groups is 1. The van der Waals surface area contributed by atoms with Gasteiger partial charge in [-0.3, -0.25) is 4.79 Å². The first-order valence-electron chi connectivity index (χ1n) is 8.54. The molecule has 136 valence electrons. The molecule has 5 nitrogen and oxygen atoms in total. The number of aromatic nitrogens is 2. The fraction of sp³-hybridized carbons (Fsp3) is 0.300. The number of imidazole rings is 1. The highest BCUT2D eigenvalue weighted by Gasteiger charge is 2.12. The lowest BCUT2D eigenvalue weighted by Gasteiger charge is -2.09. The molecular formula is C20H22N2O3S. The van der Waals surface area contributed by atoms with Gasteiger partial charge in [0.05, 0.1) is 24.1 Å². The van der Waals surface area contributed by atoms with E-state index in [0.717, 1.165) is 27.7 Å². The number of para-hydroxylation sites is 2. The number of nitrogens with zero attached hydrogens (tertiary/aromatic N) is 2. The van der Waals surface area contributed by atoms with Gasteiger partial charge < -0.3 is 14.4 Å². The van der Waals surface area contributed by atoms with E-state index in [4.69, 9.17) is 9.84 Å². The normalized spacial score (nSPS) is 11.0. The smallest absolute Gasteiger partial charge is 0.305 e. The molecule has 0 saturated heterocycles. The fourth-order valence-corrected chi connectivity index (χ4v) is 3.54. The van der Waals surface area contributed by atoms with Crippen molar-refractivity contribution in [1.82, 2.24) is 9.55 Å². The lowest BCUT2D eigenvalue weighted by atomic mass is 10.1. The first kappa shape index (κ1) is 18.3. The summed E-state index contributed by atoms with van der Waals surface area (Å²) in [7, 11) is 0. The van der Waals surface area contributed by atoms with Gasteiger partial charge in [-0.25, -0.2) is 4.98 Å². The number of ether oxygens (including phenoxy) is 1. The standard InChI is InChI=1S/C20H22N2O3S/c1-14-7-8-16(13-15(14)2)25-11-12-26-20-21-17-5-3-4-6-18(17)22(20)10-9-19(23)24/h3-8,13H,9-12H2,1-2H3,(H,23,24). The van der Waals surface area contributed by atoms with Crippen molar-refractivity contribution < 1.29 is 14.6 Å². The van der Waals surface area contributed by atoms with Gasteiger partial charge in [0, 0.05) is 12.3 Å². The SMILES string of the molecule is Cc1ccc(OCCSc2nc3ccccc3n2CCC(=O)O)cc1C. The number of fused-ring (bicyclic) bond motifs is 1. The third kappa shape index (κ3) is 4.38. The summed E-state index contributed by atoms with van der Waals surface area (Å²) < 4.78 is 7.80. The van der Waals surface area contributed by atoms with E-state index < -0.39 is 5.97 Å². The first-order valence-corrected chi connectivity index (χ1v) is 9.53. The molecule has 0 aliphatic rings. The summed E-state index contributed by atoms with van der Waals surface area (Å²) in [5.74, 6) is 0.799. The third-order valence-corrected chi connectivity index (χ3v) is 5.17. The lowest BCUT2D eigenvalue weighted by molar-refractivity contribution is -0.137. The Balaban J connectivity index is 1.65. The molecule has 0 amide bonds. The summed E-state index contributed by atoms with van der Waals surface area (Å²) >= 11 is 1.58. The minimum absolute atomic E-state index is 0.0764. The van der Waals surface area contributed by atoms with E-state index in [1.54, 1.807) is 11.8 Å². The highest BCUT2D eigenvalue weighted by atomic mass is 32.2. The van der Waals surface area contributed by atoms with E-state index in [1.165, 1.54) is 11.1 Å². The average Bonchev–Trinajstić information content (AvgIpc) is 2.97. The Morgan fingerprint density at radius 1 is 1.19 bits per heavy atom. The molecule has 0 bridgehead atoms. The number of hydrogen-bond acceptors (Lipinski definition) is 4. The number of benzene rings is 2. The first-order chi connectivity index (χ1) is 12.5. The minimum Gasteiger partial charge on any atom is -0.493 e. The molecule has 3 rings (SSSR count). The predicted molar refractivity (Wildman–Crippen MR) is 104 cm³/mol. The molecule has 1 aromatic heterocycles. The van der Waals surface area contributed by atoms with Crippen LogP contribution in [0, 0.1) is 13.8 Å². The van der Waals surface area contributed by atoms with Crippen LogP contribution in [-0.2, 0) is 11.3 Å². The molecule has 0 atom stereocenters. The second kappa shape index (κ2) is 8.27. The summed E-state index contributed by atoms with van der Waals surface area (Å²) in [6.45, 7) is 5.13. The molecule has 1 heterocycles. The van der Waals surface area contributed by atoms with E-state index in [0.29, 0.717) is 13.2 Å². The Morgan fingerprint density at radius 3 is 2.77 bits per heavy atom. The Kier molecular flexibility index (Phi) is 5.83. The number of thioether (sulfide) groups is 1. The highest BCUT2D eigenvalue weighted by Crippen LogP contribution is 2.25. The molecule has 0 saturated carbocycles. The topological polar surface area (TPSA) is 64.4 Å². The van der Waals surface area contributed by atoms with Crippen LogP contribution in [0.4, 0.5) is 0 Å². The van der Waals surface area contributed by atoms with Gasteiger partial charge in [-0.05, 0) is 49.2 Å². The number of rotatable bonds is 8. The van der Waals surface area contributed by atoms with Crippen LogP contribution in [-0.4, -0.2) is 33.0 Å². The number of hydrogen-bond donors (Lipinski definition) is 1. The van der Waals surface area contributed by atoms with E-state index in [9.17, 15) is 4.79 Å². The molecule has 0 unspecified atom stereocenters. The van der Waals surface area contributed by atoms with E-state index in [-0.39, 0.29) is 6.42 Å². The zero-order chi connectivity index (χ0) is 18.5. The summed E-state index contributed by atoms with van der Waals surface area (Å²) in [4.78, 5) is 15.6. The quantitative estimate of drug-likeness (QED) is 0.473. The molecule has 0 radical (unpaired) electrons. The lowest BCUT2D eigenvalue weighted by Crippen LogP contribution is -2.07. The number of carboxylic acids is 1. The van der Waals surface area contributed by atoms with Crippen molar-refractivity contribution in [2.75, 3.05) is 12.4 Å². The van der Waals surface area contributed by atoms with Gasteiger partial charge >= 0.3 is 5.97 Å². The Hall–Kier alpha value is -2.47. The fourth-order valence-electron chi connectivity index (χ4n) is 2.68. The molecular weight excluding hydrogens is 348 g/mol. The molecule has 6 heteroatoms. The summed E-state index contributed by atoms with van der Waals surface area (Å²) in [6, 6.07) is 13.9. The van der Waals surface area contributed by atoms with Crippen LogP contribution in [0.1, 0.15) is 17.5 Å². The van der Waals surface area contributed by atoms with Gasteiger partial charge in [-0.2, -0.15) is 0 Å². The molecule has 26 heavy (non-hydrogen) atoms. The average molecular weight is 370 g/mol. The van der Waals surface area contributed by atoms with Crippen molar-refractivity contribution in [2.45, 2.75) is 32.0 Å². The zero-order valence-electron chi connectivity index (χ0n) is 14.9. The monoisotopic (exact) mass is 370 g/mol. The maximum absolute atomic E-state index is 10.9. The van der Waals surface area contributed by atoms with Gasteiger partial charge in [-0.15, -0.1) is 0 Å². The van der Waals surface area contributed by atoms with Gasteiger partial charge in [0.25, 0.3) is 0 Å². The Bertz CT molecular complexity index is 921. The van der Waals surface area contributed by atoms with Crippen LogP contribution >= 0.6 is 11.8 Å². The van der Waals surface area contributed by atoms with Crippen molar-refractivity contribution in [3.63, 3.8) is 0 Å². The largest absolute Gasteiger partial charge is 0.493 e. The zero-order valence-corrected chi connectivity index (χ0v) is 15.8. The molecule has 0 aliphatic heterocycles. The summed E-state index contributed by atoms with van der Waals surface area (Å²) in [6.07, 6.45) is 0.0764. The predicted octanol–water partition coefficient (Wildman–Crippen LogP) is 4.30. The van der Waals surface area contributed by atoms with Gasteiger partial charge in [0.2, 0.25) is 0 Å². The molecule has 0 aliphatic carbocycles.